The van der Waals surface area contributed by atoms with Crippen molar-refractivity contribution in [2.24, 2.45) is 5.92 Å². The van der Waals surface area contributed by atoms with Gasteiger partial charge in [-0.15, -0.1) is 11.3 Å². The third-order valence-corrected chi connectivity index (χ3v) is 6.41. The molecule has 1 N–H and O–H groups in total. The van der Waals surface area contributed by atoms with Crippen molar-refractivity contribution in [3.8, 4) is 11.8 Å². The number of amides is 1. The number of aryl methyl sites for hydroxylation is 1. The van der Waals surface area contributed by atoms with Crippen LogP contribution in [0.3, 0.4) is 0 Å². The topological polar surface area (TPSA) is 62.1 Å². The van der Waals surface area contributed by atoms with Crippen molar-refractivity contribution in [2.45, 2.75) is 52.9 Å². The van der Waals surface area contributed by atoms with Crippen LogP contribution in [0.4, 0.5) is 5.00 Å². The normalized spacial score (nSPS) is 15.7. The molecule has 0 saturated heterocycles. The molecular weight excluding hydrogens is 356 g/mol. The molecule has 0 bridgehead atoms. The molecule has 0 saturated carbocycles. The SMILES string of the molecule is Cc1cccc(OCCCC(=O)Nc2sc3c(c2C#N)CCC(C)C3)c1C. The van der Waals surface area contributed by atoms with E-state index >= 15 is 0 Å². The Morgan fingerprint density at radius 3 is 3.00 bits per heavy atom. The number of carbonyl (C=O) groups is 1. The molecule has 2 aromatic rings. The van der Waals surface area contributed by atoms with Crippen LogP contribution in [0.25, 0.3) is 0 Å². The number of nitrogens with zero attached hydrogens (tertiary/aromatic N) is 1. The van der Waals surface area contributed by atoms with Crippen molar-refractivity contribution < 1.29 is 9.53 Å². The summed E-state index contributed by atoms with van der Waals surface area (Å²) in [4.78, 5) is 13.6. The minimum Gasteiger partial charge on any atom is -0.493 e. The van der Waals surface area contributed by atoms with E-state index in [1.165, 1.54) is 10.4 Å². The Morgan fingerprint density at radius 1 is 1.41 bits per heavy atom. The molecule has 27 heavy (non-hydrogen) atoms. The van der Waals surface area contributed by atoms with E-state index in [1.54, 1.807) is 11.3 Å². The van der Waals surface area contributed by atoms with Gasteiger partial charge >= 0.3 is 0 Å². The van der Waals surface area contributed by atoms with Crippen molar-refractivity contribution >= 4 is 22.2 Å². The number of hydrogen-bond donors (Lipinski definition) is 1. The highest BCUT2D eigenvalue weighted by Crippen LogP contribution is 2.39. The molecule has 1 heterocycles. The molecule has 1 aromatic carbocycles. The maximum Gasteiger partial charge on any atom is 0.225 e. The predicted octanol–water partition coefficient (Wildman–Crippen LogP) is 5.16. The van der Waals surface area contributed by atoms with Crippen LogP contribution < -0.4 is 10.1 Å². The van der Waals surface area contributed by atoms with E-state index in [0.717, 1.165) is 41.1 Å². The molecule has 0 fully saturated rings. The zero-order chi connectivity index (χ0) is 19.4. The van der Waals surface area contributed by atoms with Gasteiger partial charge in [0.1, 0.15) is 16.8 Å². The minimum atomic E-state index is -0.0530. The van der Waals surface area contributed by atoms with Gasteiger partial charge in [-0.3, -0.25) is 4.79 Å². The van der Waals surface area contributed by atoms with E-state index < -0.39 is 0 Å². The number of carbonyl (C=O) groups excluding carboxylic acids is 1. The monoisotopic (exact) mass is 382 g/mol. The van der Waals surface area contributed by atoms with Crippen LogP contribution in [-0.2, 0) is 17.6 Å². The van der Waals surface area contributed by atoms with Gasteiger partial charge in [-0.2, -0.15) is 5.26 Å². The lowest BCUT2D eigenvalue weighted by Gasteiger charge is -2.17. The predicted molar refractivity (Wildman–Crippen MR) is 109 cm³/mol. The lowest BCUT2D eigenvalue weighted by Crippen LogP contribution is -2.13. The lowest BCUT2D eigenvalue weighted by atomic mass is 9.89. The van der Waals surface area contributed by atoms with Crippen LogP contribution in [0.15, 0.2) is 18.2 Å². The van der Waals surface area contributed by atoms with Crippen LogP contribution in [0.1, 0.15) is 53.3 Å². The molecule has 4 nitrogen and oxygen atoms in total. The average Bonchev–Trinajstić information content (AvgIpc) is 2.97. The fourth-order valence-corrected chi connectivity index (χ4v) is 4.82. The number of hydrogen-bond acceptors (Lipinski definition) is 4. The van der Waals surface area contributed by atoms with E-state index in [2.05, 4.69) is 31.3 Å². The van der Waals surface area contributed by atoms with Crippen molar-refractivity contribution in [2.75, 3.05) is 11.9 Å². The molecular formula is C22H26N2O2S. The third-order valence-electron chi connectivity index (χ3n) is 5.24. The van der Waals surface area contributed by atoms with Crippen LogP contribution in [0.5, 0.6) is 5.75 Å². The molecule has 0 aliphatic heterocycles. The standard InChI is InChI=1S/C22H26N2O2S/c1-14-9-10-17-18(13-23)22(27-20(17)12-14)24-21(25)8-5-11-26-19-7-4-6-15(2)16(19)3/h4,6-7,14H,5,8-12H2,1-3H3,(H,24,25). The molecule has 1 amide bonds. The Kier molecular flexibility index (Phi) is 6.18. The Morgan fingerprint density at radius 2 is 2.22 bits per heavy atom. The van der Waals surface area contributed by atoms with Gasteiger partial charge in [0.25, 0.3) is 0 Å². The molecule has 0 radical (unpaired) electrons. The number of fused-ring (bicyclic) bond motifs is 1. The maximum absolute atomic E-state index is 12.3. The number of anilines is 1. The van der Waals surface area contributed by atoms with E-state index in [4.69, 9.17) is 4.74 Å². The molecule has 1 aliphatic rings. The molecule has 1 unspecified atom stereocenters. The fraction of sp³-hybridized carbons (Fsp3) is 0.455. The number of nitrogens with one attached hydrogen (secondary N) is 1. The zero-order valence-corrected chi connectivity index (χ0v) is 17.0. The summed E-state index contributed by atoms with van der Waals surface area (Å²) in [7, 11) is 0. The first-order valence-electron chi connectivity index (χ1n) is 9.53. The highest BCUT2D eigenvalue weighted by atomic mass is 32.1. The van der Waals surface area contributed by atoms with Crippen LogP contribution in [0.2, 0.25) is 0 Å². The largest absolute Gasteiger partial charge is 0.493 e. The molecule has 3 rings (SSSR count). The van der Waals surface area contributed by atoms with Gasteiger partial charge in [0.2, 0.25) is 5.91 Å². The second-order valence-corrected chi connectivity index (χ2v) is 8.47. The van der Waals surface area contributed by atoms with Gasteiger partial charge in [0.05, 0.1) is 12.2 Å². The van der Waals surface area contributed by atoms with Crippen LogP contribution in [-0.4, -0.2) is 12.5 Å². The van der Waals surface area contributed by atoms with Gasteiger partial charge in [0, 0.05) is 11.3 Å². The Labute approximate surface area is 165 Å². The first-order valence-corrected chi connectivity index (χ1v) is 10.3. The molecule has 0 spiro atoms. The molecule has 5 heteroatoms. The van der Waals surface area contributed by atoms with E-state index in [9.17, 15) is 10.1 Å². The Hall–Kier alpha value is -2.32. The van der Waals surface area contributed by atoms with Gasteiger partial charge < -0.3 is 10.1 Å². The number of rotatable bonds is 6. The number of benzene rings is 1. The van der Waals surface area contributed by atoms with Crippen molar-refractivity contribution in [3.63, 3.8) is 0 Å². The Bertz CT molecular complexity index is 879. The summed E-state index contributed by atoms with van der Waals surface area (Å²) in [5.41, 5.74) is 4.15. The summed E-state index contributed by atoms with van der Waals surface area (Å²) in [6.07, 6.45) is 4.09. The van der Waals surface area contributed by atoms with Crippen molar-refractivity contribution in [3.05, 3.63) is 45.3 Å². The van der Waals surface area contributed by atoms with Crippen LogP contribution in [0, 0.1) is 31.1 Å². The van der Waals surface area contributed by atoms with E-state index in [1.807, 2.05) is 19.1 Å². The second-order valence-electron chi connectivity index (χ2n) is 7.37. The molecule has 1 aromatic heterocycles. The van der Waals surface area contributed by atoms with Gasteiger partial charge in [0.15, 0.2) is 0 Å². The quantitative estimate of drug-likeness (QED) is 0.702. The summed E-state index contributed by atoms with van der Waals surface area (Å²) in [6, 6.07) is 8.29. The molecule has 142 valence electrons. The number of nitriles is 1. The summed E-state index contributed by atoms with van der Waals surface area (Å²) in [5, 5.41) is 13.2. The van der Waals surface area contributed by atoms with Crippen molar-refractivity contribution in [1.29, 1.82) is 5.26 Å². The fourth-order valence-electron chi connectivity index (χ4n) is 3.44. The summed E-state index contributed by atoms with van der Waals surface area (Å²) >= 11 is 1.57. The minimum absolute atomic E-state index is 0.0530. The molecule has 1 aliphatic carbocycles. The Balaban J connectivity index is 1.53. The van der Waals surface area contributed by atoms with E-state index in [-0.39, 0.29) is 5.91 Å². The molecule has 1 atom stereocenters. The second kappa shape index (κ2) is 8.58. The highest BCUT2D eigenvalue weighted by molar-refractivity contribution is 7.16. The van der Waals surface area contributed by atoms with Gasteiger partial charge in [-0.1, -0.05) is 19.1 Å². The first kappa shape index (κ1) is 19.4. The van der Waals surface area contributed by atoms with E-state index in [0.29, 0.717) is 30.9 Å². The number of thiophene rings is 1. The smallest absolute Gasteiger partial charge is 0.225 e. The maximum atomic E-state index is 12.3. The lowest BCUT2D eigenvalue weighted by molar-refractivity contribution is -0.116. The zero-order valence-electron chi connectivity index (χ0n) is 16.2. The van der Waals surface area contributed by atoms with Crippen LogP contribution >= 0.6 is 11.3 Å². The average molecular weight is 383 g/mol. The number of ether oxygens (including phenoxy) is 1. The summed E-state index contributed by atoms with van der Waals surface area (Å²) in [6.45, 7) is 6.84. The van der Waals surface area contributed by atoms with Gasteiger partial charge in [-0.25, -0.2) is 0 Å². The summed E-state index contributed by atoms with van der Waals surface area (Å²) in [5.74, 6) is 1.47. The first-order chi connectivity index (χ1) is 13.0. The third kappa shape index (κ3) is 4.51. The highest BCUT2D eigenvalue weighted by Gasteiger charge is 2.24. The van der Waals surface area contributed by atoms with Crippen molar-refractivity contribution in [1.82, 2.24) is 0 Å². The summed E-state index contributed by atoms with van der Waals surface area (Å²) < 4.78 is 5.81. The van der Waals surface area contributed by atoms with Gasteiger partial charge in [-0.05, 0) is 68.2 Å².